The maximum atomic E-state index is 9.64. The number of benzene rings is 1. The third-order valence-electron chi connectivity index (χ3n) is 3.44. The van der Waals surface area contributed by atoms with Crippen LogP contribution in [0.3, 0.4) is 0 Å². The molecule has 0 saturated carbocycles. The molecule has 0 amide bonds. The van der Waals surface area contributed by atoms with E-state index in [0.29, 0.717) is 0 Å². The summed E-state index contributed by atoms with van der Waals surface area (Å²) in [5.41, 5.74) is 3.36. The molecule has 1 aromatic carbocycles. The maximum Gasteiger partial charge on any atom is 0.0738 e. The van der Waals surface area contributed by atoms with Crippen LogP contribution < -0.4 is 0 Å². The number of hydrogen-bond donors (Lipinski definition) is 1. The second kappa shape index (κ2) is 6.87. The van der Waals surface area contributed by atoms with Gasteiger partial charge in [-0.1, -0.05) is 28.1 Å². The van der Waals surface area contributed by atoms with Gasteiger partial charge in [-0.25, -0.2) is 0 Å². The summed E-state index contributed by atoms with van der Waals surface area (Å²) in [4.78, 5) is 0. The van der Waals surface area contributed by atoms with Crippen LogP contribution in [0.25, 0.3) is 0 Å². The molecule has 108 valence electrons. The molecule has 0 radical (unpaired) electrons. The van der Waals surface area contributed by atoms with E-state index in [1.54, 1.807) is 0 Å². The average Bonchev–Trinajstić information content (AvgIpc) is 2.66. The molecule has 1 N–H and O–H groups in total. The van der Waals surface area contributed by atoms with Crippen molar-refractivity contribution in [2.45, 2.75) is 19.8 Å². The van der Waals surface area contributed by atoms with Crippen molar-refractivity contribution < 1.29 is 5.11 Å². The molecule has 0 fully saturated rings. The minimum Gasteiger partial charge on any atom is -0.396 e. The molecule has 3 nitrogen and oxygen atoms in total. The van der Waals surface area contributed by atoms with E-state index < -0.39 is 0 Å². The van der Waals surface area contributed by atoms with E-state index in [0.717, 1.165) is 33.2 Å². The Morgan fingerprint density at radius 2 is 1.85 bits per heavy atom. The first-order valence-corrected chi connectivity index (χ1v) is 8.13. The van der Waals surface area contributed by atoms with Gasteiger partial charge < -0.3 is 5.11 Å². The first-order valence-electron chi connectivity index (χ1n) is 6.54. The van der Waals surface area contributed by atoms with Crippen LogP contribution in [0, 0.1) is 12.8 Å². The number of hydrogen-bond acceptors (Lipinski definition) is 2. The van der Waals surface area contributed by atoms with Gasteiger partial charge in [0.2, 0.25) is 0 Å². The van der Waals surface area contributed by atoms with E-state index in [4.69, 9.17) is 0 Å². The Labute approximate surface area is 136 Å². The third-order valence-corrected chi connectivity index (χ3v) is 5.00. The topological polar surface area (TPSA) is 38.0 Å². The molecule has 2 rings (SSSR count). The van der Waals surface area contributed by atoms with Gasteiger partial charge >= 0.3 is 0 Å². The van der Waals surface area contributed by atoms with Gasteiger partial charge in [0.15, 0.2) is 0 Å². The van der Waals surface area contributed by atoms with Crippen LogP contribution in [0.2, 0.25) is 0 Å². The largest absolute Gasteiger partial charge is 0.396 e. The van der Waals surface area contributed by atoms with Crippen LogP contribution in [0.15, 0.2) is 33.2 Å². The molecule has 0 aliphatic heterocycles. The Hall–Kier alpha value is -0.650. The van der Waals surface area contributed by atoms with Crippen LogP contribution in [0.4, 0.5) is 0 Å². The zero-order chi connectivity index (χ0) is 14.7. The lowest BCUT2D eigenvalue weighted by atomic mass is 9.95. The number of aryl methyl sites for hydroxylation is 2. The summed E-state index contributed by atoms with van der Waals surface area (Å²) in [5.74, 6) is 0.197. The van der Waals surface area contributed by atoms with Crippen molar-refractivity contribution in [2.24, 2.45) is 13.0 Å². The Balaban J connectivity index is 2.11. The molecule has 0 saturated heterocycles. The quantitative estimate of drug-likeness (QED) is 0.830. The van der Waals surface area contributed by atoms with Crippen LogP contribution in [0.5, 0.6) is 0 Å². The summed E-state index contributed by atoms with van der Waals surface area (Å²) >= 11 is 7.02. The molecule has 20 heavy (non-hydrogen) atoms. The van der Waals surface area contributed by atoms with E-state index in [2.05, 4.69) is 49.1 Å². The summed E-state index contributed by atoms with van der Waals surface area (Å²) in [6.07, 6.45) is 1.67. The number of aromatic nitrogens is 2. The van der Waals surface area contributed by atoms with Crippen LogP contribution in [0.1, 0.15) is 17.0 Å². The molecule has 0 aliphatic carbocycles. The SMILES string of the molecule is Cc1nn(C)c(CC(CO)Cc2ccc(Br)cc2)c1Br. The first-order chi connectivity index (χ1) is 9.51. The molecule has 0 spiro atoms. The second-order valence-electron chi connectivity index (χ2n) is 5.05. The molecular weight excluding hydrogens is 384 g/mol. The highest BCUT2D eigenvalue weighted by Gasteiger charge is 2.16. The number of aliphatic hydroxyl groups is 1. The summed E-state index contributed by atoms with van der Waals surface area (Å²) in [5, 5.41) is 14.0. The van der Waals surface area contributed by atoms with E-state index >= 15 is 0 Å². The normalized spacial score (nSPS) is 12.7. The average molecular weight is 402 g/mol. The molecule has 1 unspecified atom stereocenters. The highest BCUT2D eigenvalue weighted by atomic mass is 79.9. The summed E-state index contributed by atoms with van der Waals surface area (Å²) < 4.78 is 4.02. The molecule has 1 aromatic heterocycles. The predicted octanol–water partition coefficient (Wildman–Crippen LogP) is 3.65. The van der Waals surface area contributed by atoms with Crippen LogP contribution in [-0.2, 0) is 19.9 Å². The Kier molecular flexibility index (Phi) is 5.41. The molecular formula is C15H18Br2N2O. The fraction of sp³-hybridized carbons (Fsp3) is 0.400. The minimum atomic E-state index is 0.173. The Morgan fingerprint density at radius 1 is 1.20 bits per heavy atom. The number of rotatable bonds is 5. The van der Waals surface area contributed by atoms with Gasteiger partial charge in [0.25, 0.3) is 0 Å². The highest BCUT2D eigenvalue weighted by Crippen LogP contribution is 2.24. The van der Waals surface area contributed by atoms with Crippen molar-refractivity contribution in [3.63, 3.8) is 0 Å². The van der Waals surface area contributed by atoms with Gasteiger partial charge in [-0.3, -0.25) is 4.68 Å². The summed E-state index contributed by atoms with van der Waals surface area (Å²) in [6.45, 7) is 2.16. The molecule has 0 bridgehead atoms. The Morgan fingerprint density at radius 3 is 2.35 bits per heavy atom. The fourth-order valence-corrected chi connectivity index (χ4v) is 3.09. The zero-order valence-corrected chi connectivity index (χ0v) is 14.8. The van der Waals surface area contributed by atoms with E-state index in [9.17, 15) is 5.11 Å². The molecule has 1 heterocycles. The molecule has 0 aliphatic rings. The smallest absolute Gasteiger partial charge is 0.0738 e. The third kappa shape index (κ3) is 3.71. The highest BCUT2D eigenvalue weighted by molar-refractivity contribution is 9.10. The number of halogens is 2. The predicted molar refractivity (Wildman–Crippen MR) is 87.8 cm³/mol. The maximum absolute atomic E-state index is 9.64. The molecule has 2 aromatic rings. The van der Waals surface area contributed by atoms with E-state index in [1.165, 1.54) is 5.56 Å². The van der Waals surface area contributed by atoms with Crippen molar-refractivity contribution in [1.82, 2.24) is 9.78 Å². The first kappa shape index (κ1) is 15.7. The van der Waals surface area contributed by atoms with Gasteiger partial charge in [0, 0.05) is 18.1 Å². The van der Waals surface area contributed by atoms with Gasteiger partial charge in [0.05, 0.1) is 15.9 Å². The summed E-state index contributed by atoms with van der Waals surface area (Å²) in [6, 6.07) is 8.26. The van der Waals surface area contributed by atoms with Crippen molar-refractivity contribution in [3.05, 3.63) is 50.2 Å². The van der Waals surface area contributed by atoms with Gasteiger partial charge in [-0.2, -0.15) is 5.10 Å². The standard InChI is InChI=1S/C15H18Br2N2O/c1-10-15(17)14(19(2)18-10)8-12(9-20)7-11-3-5-13(16)6-4-11/h3-6,12,20H,7-9H2,1-2H3. The van der Waals surface area contributed by atoms with E-state index in [1.807, 2.05) is 30.8 Å². The van der Waals surface area contributed by atoms with Crippen molar-refractivity contribution in [2.75, 3.05) is 6.61 Å². The van der Waals surface area contributed by atoms with Crippen LogP contribution >= 0.6 is 31.9 Å². The van der Waals surface area contributed by atoms with Crippen molar-refractivity contribution in [1.29, 1.82) is 0 Å². The monoisotopic (exact) mass is 400 g/mol. The van der Waals surface area contributed by atoms with Gasteiger partial charge in [0.1, 0.15) is 0 Å². The number of nitrogens with zero attached hydrogens (tertiary/aromatic N) is 2. The lowest BCUT2D eigenvalue weighted by Crippen LogP contribution is -2.15. The molecule has 1 atom stereocenters. The zero-order valence-electron chi connectivity index (χ0n) is 11.6. The van der Waals surface area contributed by atoms with Crippen molar-refractivity contribution in [3.8, 4) is 0 Å². The van der Waals surface area contributed by atoms with Gasteiger partial charge in [-0.05, 0) is 59.3 Å². The number of aliphatic hydroxyl groups excluding tert-OH is 1. The van der Waals surface area contributed by atoms with Gasteiger partial charge in [-0.15, -0.1) is 0 Å². The van der Waals surface area contributed by atoms with E-state index in [-0.39, 0.29) is 12.5 Å². The summed E-state index contributed by atoms with van der Waals surface area (Å²) in [7, 11) is 1.95. The molecule has 5 heteroatoms. The van der Waals surface area contributed by atoms with Crippen LogP contribution in [-0.4, -0.2) is 21.5 Å². The second-order valence-corrected chi connectivity index (χ2v) is 6.76. The van der Waals surface area contributed by atoms with Crippen molar-refractivity contribution >= 4 is 31.9 Å². The lowest BCUT2D eigenvalue weighted by molar-refractivity contribution is 0.223. The minimum absolute atomic E-state index is 0.173. The Bertz CT molecular complexity index is 578. The lowest BCUT2D eigenvalue weighted by Gasteiger charge is -2.15. The fourth-order valence-electron chi connectivity index (χ4n) is 2.33.